The molecule has 14 aromatic rings. The summed E-state index contributed by atoms with van der Waals surface area (Å²) in [6, 6.07) is 81.5. The molecule has 15 rings (SSSR count). The Hall–Kier alpha value is -9.19. The van der Waals surface area contributed by atoms with Crippen molar-refractivity contribution in [1.29, 1.82) is 0 Å². The van der Waals surface area contributed by atoms with Crippen LogP contribution < -0.4 is 0 Å². The molecule has 0 bridgehead atoms. The summed E-state index contributed by atoms with van der Waals surface area (Å²) in [5.74, 6) is 1.84. The molecule has 0 fully saturated rings. The van der Waals surface area contributed by atoms with E-state index in [0.29, 0.717) is 17.6 Å². The lowest BCUT2D eigenvalue weighted by Gasteiger charge is -2.21. The van der Waals surface area contributed by atoms with Crippen molar-refractivity contribution >= 4 is 75.9 Å². The van der Waals surface area contributed by atoms with Crippen LogP contribution in [-0.2, 0) is 5.41 Å². The molecule has 332 valence electrons. The van der Waals surface area contributed by atoms with Crippen LogP contribution in [0.2, 0.25) is 0 Å². The SMILES string of the molecule is CC1(C)c2ccccc2-c2ccc(-c3nc(-c4ccccc4)nc(-n4c5ccccc5c5cc6c7ccccc7n(-c7ccc(-c8ccc9c%10ccccc%10c%10ccccc%10c9c8)cc7)c6cc54)n3)cc21. The minimum atomic E-state index is -0.168. The van der Waals surface area contributed by atoms with Crippen LogP contribution >= 0.6 is 0 Å². The van der Waals surface area contributed by atoms with E-state index in [9.17, 15) is 0 Å². The molecular weight excluding hydrogens is 863 g/mol. The van der Waals surface area contributed by atoms with Gasteiger partial charge in [-0.05, 0) is 114 Å². The Kier molecular flexibility index (Phi) is 8.35. The van der Waals surface area contributed by atoms with E-state index < -0.39 is 0 Å². The molecule has 0 aliphatic heterocycles. The summed E-state index contributed by atoms with van der Waals surface area (Å²) in [5.41, 5.74) is 14.7. The molecular formula is C66H43N5. The smallest absolute Gasteiger partial charge is 0.238 e. The second-order valence-corrected chi connectivity index (χ2v) is 19.6. The molecule has 5 nitrogen and oxygen atoms in total. The molecule has 0 radical (unpaired) electrons. The van der Waals surface area contributed by atoms with Crippen LogP contribution in [0.15, 0.2) is 224 Å². The highest BCUT2D eigenvalue weighted by Gasteiger charge is 2.35. The monoisotopic (exact) mass is 905 g/mol. The number of fused-ring (bicyclic) bond motifs is 15. The van der Waals surface area contributed by atoms with Gasteiger partial charge in [0.15, 0.2) is 11.6 Å². The molecule has 0 spiro atoms. The third kappa shape index (κ3) is 5.84. The fourth-order valence-electron chi connectivity index (χ4n) is 12.0. The second-order valence-electron chi connectivity index (χ2n) is 19.6. The quantitative estimate of drug-likeness (QED) is 0.162. The van der Waals surface area contributed by atoms with E-state index in [4.69, 9.17) is 15.0 Å². The van der Waals surface area contributed by atoms with Crippen molar-refractivity contribution in [1.82, 2.24) is 24.1 Å². The summed E-state index contributed by atoms with van der Waals surface area (Å²) < 4.78 is 4.65. The summed E-state index contributed by atoms with van der Waals surface area (Å²) >= 11 is 0. The van der Waals surface area contributed by atoms with Crippen molar-refractivity contribution in [2.45, 2.75) is 19.3 Å². The lowest BCUT2D eigenvalue weighted by molar-refractivity contribution is 0.660. The van der Waals surface area contributed by atoms with Gasteiger partial charge in [0.05, 0.1) is 22.1 Å². The molecule has 1 aliphatic carbocycles. The van der Waals surface area contributed by atoms with Crippen LogP contribution in [0, 0.1) is 0 Å². The van der Waals surface area contributed by atoms with Gasteiger partial charge in [-0.15, -0.1) is 0 Å². The molecule has 0 saturated heterocycles. The van der Waals surface area contributed by atoms with Crippen molar-refractivity contribution in [2.24, 2.45) is 0 Å². The second kappa shape index (κ2) is 14.9. The van der Waals surface area contributed by atoms with Crippen molar-refractivity contribution in [3.63, 3.8) is 0 Å². The van der Waals surface area contributed by atoms with Crippen LogP contribution in [0.1, 0.15) is 25.0 Å². The summed E-state index contributed by atoms with van der Waals surface area (Å²) in [7, 11) is 0. The summed E-state index contributed by atoms with van der Waals surface area (Å²) in [6.07, 6.45) is 0. The first-order chi connectivity index (χ1) is 35.0. The summed E-state index contributed by atoms with van der Waals surface area (Å²) in [5, 5.41) is 12.4. The highest BCUT2D eigenvalue weighted by Crippen LogP contribution is 2.50. The maximum Gasteiger partial charge on any atom is 0.238 e. The average molecular weight is 906 g/mol. The largest absolute Gasteiger partial charge is 0.309 e. The van der Waals surface area contributed by atoms with Gasteiger partial charge >= 0.3 is 0 Å². The predicted molar refractivity (Wildman–Crippen MR) is 295 cm³/mol. The van der Waals surface area contributed by atoms with Crippen molar-refractivity contribution < 1.29 is 0 Å². The van der Waals surface area contributed by atoms with Crippen LogP contribution in [0.4, 0.5) is 0 Å². The highest BCUT2D eigenvalue weighted by molar-refractivity contribution is 6.26. The number of hydrogen-bond acceptors (Lipinski definition) is 3. The molecule has 0 N–H and O–H groups in total. The van der Waals surface area contributed by atoms with E-state index in [2.05, 4.69) is 229 Å². The zero-order valence-corrected chi connectivity index (χ0v) is 39.1. The van der Waals surface area contributed by atoms with Gasteiger partial charge in [0.2, 0.25) is 5.95 Å². The Morgan fingerprint density at radius 3 is 1.49 bits per heavy atom. The summed E-state index contributed by atoms with van der Waals surface area (Å²) in [6.45, 7) is 4.63. The Morgan fingerprint density at radius 2 is 0.803 bits per heavy atom. The Bertz CT molecular complexity index is 4500. The number of benzene rings is 11. The summed E-state index contributed by atoms with van der Waals surface area (Å²) in [4.78, 5) is 16.0. The fourth-order valence-corrected chi connectivity index (χ4v) is 12.0. The van der Waals surface area contributed by atoms with E-state index in [1.165, 1.54) is 76.5 Å². The van der Waals surface area contributed by atoms with Gasteiger partial charge in [-0.25, -0.2) is 4.98 Å². The van der Waals surface area contributed by atoms with E-state index in [1.807, 2.05) is 18.2 Å². The van der Waals surface area contributed by atoms with Gasteiger partial charge in [0, 0.05) is 43.8 Å². The lowest BCUT2D eigenvalue weighted by atomic mass is 9.82. The fraction of sp³-hybridized carbons (Fsp3) is 0.0455. The molecule has 0 amide bonds. The molecule has 71 heavy (non-hydrogen) atoms. The number of aromatic nitrogens is 5. The maximum absolute atomic E-state index is 5.42. The molecule has 5 heteroatoms. The van der Waals surface area contributed by atoms with Crippen LogP contribution in [-0.4, -0.2) is 24.1 Å². The van der Waals surface area contributed by atoms with Crippen LogP contribution in [0.3, 0.4) is 0 Å². The molecule has 11 aromatic carbocycles. The third-order valence-corrected chi connectivity index (χ3v) is 15.4. The molecule has 3 heterocycles. The Morgan fingerprint density at radius 1 is 0.296 bits per heavy atom. The van der Waals surface area contributed by atoms with Gasteiger partial charge < -0.3 is 4.57 Å². The van der Waals surface area contributed by atoms with Crippen molar-refractivity contribution in [2.75, 3.05) is 0 Å². The van der Waals surface area contributed by atoms with E-state index in [1.54, 1.807) is 0 Å². The number of hydrogen-bond donors (Lipinski definition) is 0. The Balaban J connectivity index is 0.916. The predicted octanol–water partition coefficient (Wildman–Crippen LogP) is 16.8. The first-order valence-corrected chi connectivity index (χ1v) is 24.4. The zero-order valence-electron chi connectivity index (χ0n) is 39.1. The van der Waals surface area contributed by atoms with Gasteiger partial charge in [0.1, 0.15) is 0 Å². The molecule has 0 atom stereocenters. The molecule has 0 saturated carbocycles. The standard InChI is InChI=1S/C66H43N5/c1-66(2)57-25-13-10-22-50(57)51-35-31-43(37-58(51)66)64-67-63(41-16-4-3-5-17-41)68-65(69-64)71-60-27-15-12-24-53(60)56-38-55-52-23-11-14-26-59(52)70(61(55)39-62(56)71)44-32-28-40(29-33-44)42-30-34-49-47-20-7-6-18-45(47)46-19-8-9-21-48(46)54(49)36-42/h3-39H,1-2H3. The normalized spacial score (nSPS) is 13.0. The molecule has 0 unspecified atom stereocenters. The topological polar surface area (TPSA) is 48.5 Å². The van der Waals surface area contributed by atoms with E-state index in [-0.39, 0.29) is 5.41 Å². The lowest BCUT2D eigenvalue weighted by Crippen LogP contribution is -2.15. The highest BCUT2D eigenvalue weighted by atomic mass is 15.2. The van der Waals surface area contributed by atoms with Crippen molar-refractivity contribution in [3.8, 4) is 56.7 Å². The van der Waals surface area contributed by atoms with Gasteiger partial charge in [-0.3, -0.25) is 4.57 Å². The van der Waals surface area contributed by atoms with Crippen LogP contribution in [0.5, 0.6) is 0 Å². The minimum Gasteiger partial charge on any atom is -0.309 e. The number of nitrogens with zero attached hydrogens (tertiary/aromatic N) is 5. The average Bonchev–Trinajstić information content (AvgIpc) is 4.02. The third-order valence-electron chi connectivity index (χ3n) is 15.4. The molecule has 3 aromatic heterocycles. The van der Waals surface area contributed by atoms with E-state index in [0.717, 1.165) is 49.7 Å². The van der Waals surface area contributed by atoms with E-state index >= 15 is 0 Å². The van der Waals surface area contributed by atoms with Gasteiger partial charge in [-0.2, -0.15) is 9.97 Å². The molecule has 1 aliphatic rings. The van der Waals surface area contributed by atoms with Crippen LogP contribution in [0.25, 0.3) is 133 Å². The first kappa shape index (κ1) is 39.8. The first-order valence-electron chi connectivity index (χ1n) is 24.4. The Labute approximate surface area is 409 Å². The minimum absolute atomic E-state index is 0.168. The van der Waals surface area contributed by atoms with Gasteiger partial charge in [-0.1, -0.05) is 190 Å². The van der Waals surface area contributed by atoms with Gasteiger partial charge in [0.25, 0.3) is 0 Å². The number of rotatable bonds is 5. The zero-order chi connectivity index (χ0) is 47.0. The maximum atomic E-state index is 5.42. The number of para-hydroxylation sites is 2. The van der Waals surface area contributed by atoms with Crippen molar-refractivity contribution in [3.05, 3.63) is 236 Å².